The molecule has 0 bridgehead atoms. The van der Waals surface area contributed by atoms with Crippen molar-refractivity contribution in [2.24, 2.45) is 0 Å². The highest BCUT2D eigenvalue weighted by atomic mass is 16.2. The minimum atomic E-state index is -0.203. The molecule has 1 fully saturated rings. The Labute approximate surface area is 157 Å². The third-order valence-electron chi connectivity index (χ3n) is 5.05. The van der Waals surface area contributed by atoms with Crippen LogP contribution in [0.5, 0.6) is 0 Å². The van der Waals surface area contributed by atoms with Gasteiger partial charge in [0.25, 0.3) is 5.91 Å². The second-order valence-electron chi connectivity index (χ2n) is 6.93. The minimum Gasteiger partial charge on any atom is -0.338 e. The molecule has 1 amide bonds. The smallest absolute Gasteiger partial charge is 0.255 e. The van der Waals surface area contributed by atoms with E-state index in [4.69, 9.17) is 0 Å². The van der Waals surface area contributed by atoms with E-state index in [1.54, 1.807) is 6.07 Å². The Kier molecular flexibility index (Phi) is 4.87. The molecule has 0 spiro atoms. The molecule has 1 saturated heterocycles. The second kappa shape index (κ2) is 7.61. The molecule has 6 heteroatoms. The molecule has 1 atom stereocenters. The number of rotatable bonds is 4. The Bertz CT molecular complexity index is 957. The molecule has 6 nitrogen and oxygen atoms in total. The van der Waals surface area contributed by atoms with Crippen molar-refractivity contribution in [3.63, 3.8) is 0 Å². The van der Waals surface area contributed by atoms with Gasteiger partial charge in [0.15, 0.2) is 0 Å². The highest BCUT2D eigenvalue weighted by molar-refractivity contribution is 5.93. The number of nitrogens with one attached hydrogen (secondary N) is 1. The first-order chi connectivity index (χ1) is 13.2. The lowest BCUT2D eigenvalue weighted by molar-refractivity contribution is 0.0703. The summed E-state index contributed by atoms with van der Waals surface area (Å²) in [5, 5.41) is 0. The van der Waals surface area contributed by atoms with Crippen LogP contribution in [-0.4, -0.2) is 38.4 Å². The average molecular weight is 362 g/mol. The molecule has 1 aromatic carbocycles. The lowest BCUT2D eigenvalue weighted by Gasteiger charge is -2.32. The summed E-state index contributed by atoms with van der Waals surface area (Å²) in [7, 11) is 0. The highest BCUT2D eigenvalue weighted by Crippen LogP contribution is 2.27. The lowest BCUT2D eigenvalue weighted by atomic mass is 9.96. The zero-order valence-corrected chi connectivity index (χ0v) is 15.0. The van der Waals surface area contributed by atoms with Gasteiger partial charge in [-0.1, -0.05) is 30.3 Å². The Hall–Kier alpha value is -3.15. The lowest BCUT2D eigenvalue weighted by Crippen LogP contribution is -2.40. The Morgan fingerprint density at radius 3 is 2.81 bits per heavy atom. The van der Waals surface area contributed by atoms with Gasteiger partial charge in [0.1, 0.15) is 5.82 Å². The molecule has 2 aromatic heterocycles. The van der Waals surface area contributed by atoms with Crippen LogP contribution in [0.25, 0.3) is 0 Å². The van der Waals surface area contributed by atoms with Crippen LogP contribution in [0.4, 0.5) is 0 Å². The Morgan fingerprint density at radius 2 is 2.04 bits per heavy atom. The molecule has 3 aromatic rings. The van der Waals surface area contributed by atoms with Gasteiger partial charge >= 0.3 is 0 Å². The van der Waals surface area contributed by atoms with Crippen molar-refractivity contribution < 1.29 is 4.79 Å². The Balaban J connectivity index is 1.50. The van der Waals surface area contributed by atoms with E-state index in [-0.39, 0.29) is 17.4 Å². The molecule has 4 rings (SSSR count). The maximum Gasteiger partial charge on any atom is 0.255 e. The third-order valence-corrected chi connectivity index (χ3v) is 5.05. The van der Waals surface area contributed by atoms with Crippen LogP contribution < -0.4 is 5.56 Å². The molecule has 1 aliphatic rings. The van der Waals surface area contributed by atoms with Gasteiger partial charge in [-0.25, -0.2) is 4.98 Å². The molecule has 138 valence electrons. The summed E-state index contributed by atoms with van der Waals surface area (Å²) >= 11 is 0. The number of hydrogen-bond donors (Lipinski definition) is 1. The molecule has 27 heavy (non-hydrogen) atoms. The van der Waals surface area contributed by atoms with Crippen LogP contribution in [0.15, 0.2) is 65.8 Å². The summed E-state index contributed by atoms with van der Waals surface area (Å²) < 4.78 is 2.17. The first kappa shape index (κ1) is 17.3. The van der Waals surface area contributed by atoms with Gasteiger partial charge < -0.3 is 14.5 Å². The van der Waals surface area contributed by atoms with E-state index < -0.39 is 0 Å². The number of nitrogens with zero attached hydrogens (tertiary/aromatic N) is 3. The first-order valence-corrected chi connectivity index (χ1v) is 9.23. The monoisotopic (exact) mass is 362 g/mol. The SMILES string of the molecule is O=C(c1ccc(=O)[nH]c1)N1CCCC(c2nccn2Cc2ccccc2)C1. The molecular weight excluding hydrogens is 340 g/mol. The quantitative estimate of drug-likeness (QED) is 0.776. The zero-order valence-electron chi connectivity index (χ0n) is 15.0. The average Bonchev–Trinajstić information content (AvgIpc) is 3.17. The Morgan fingerprint density at radius 1 is 1.19 bits per heavy atom. The molecule has 1 N–H and O–H groups in total. The van der Waals surface area contributed by atoms with Crippen molar-refractivity contribution in [1.29, 1.82) is 0 Å². The summed E-state index contributed by atoms with van der Waals surface area (Å²) in [4.78, 5) is 33.0. The number of amides is 1. The van der Waals surface area contributed by atoms with Crippen LogP contribution in [0.3, 0.4) is 0 Å². The number of aromatic nitrogens is 3. The van der Waals surface area contributed by atoms with E-state index in [1.165, 1.54) is 17.8 Å². The fourth-order valence-corrected chi connectivity index (χ4v) is 3.69. The number of carbonyl (C=O) groups is 1. The van der Waals surface area contributed by atoms with Gasteiger partial charge in [0, 0.05) is 50.2 Å². The van der Waals surface area contributed by atoms with Gasteiger partial charge in [0.2, 0.25) is 5.56 Å². The number of carbonyl (C=O) groups excluding carboxylic acids is 1. The molecule has 0 saturated carbocycles. The number of imidazole rings is 1. The van der Waals surface area contributed by atoms with E-state index in [0.717, 1.165) is 31.8 Å². The largest absolute Gasteiger partial charge is 0.338 e. The summed E-state index contributed by atoms with van der Waals surface area (Å²) in [6, 6.07) is 13.3. The van der Waals surface area contributed by atoms with Crippen LogP contribution in [-0.2, 0) is 6.54 Å². The molecule has 3 heterocycles. The summed E-state index contributed by atoms with van der Waals surface area (Å²) in [6.45, 7) is 2.15. The van der Waals surface area contributed by atoms with Gasteiger partial charge in [-0.05, 0) is 24.5 Å². The van der Waals surface area contributed by atoms with E-state index in [2.05, 4.69) is 26.7 Å². The van der Waals surface area contributed by atoms with Gasteiger partial charge in [-0.2, -0.15) is 0 Å². The van der Waals surface area contributed by atoms with E-state index >= 15 is 0 Å². The highest BCUT2D eigenvalue weighted by Gasteiger charge is 2.28. The molecule has 1 aliphatic heterocycles. The number of aromatic amines is 1. The van der Waals surface area contributed by atoms with Crippen molar-refractivity contribution in [2.45, 2.75) is 25.3 Å². The van der Waals surface area contributed by atoms with Gasteiger partial charge in [0.05, 0.1) is 5.56 Å². The summed E-state index contributed by atoms with van der Waals surface area (Å²) in [6.07, 6.45) is 7.29. The minimum absolute atomic E-state index is 0.0443. The van der Waals surface area contributed by atoms with E-state index in [0.29, 0.717) is 12.1 Å². The van der Waals surface area contributed by atoms with Crippen LogP contribution >= 0.6 is 0 Å². The molecular formula is C21H22N4O2. The van der Waals surface area contributed by atoms with Gasteiger partial charge in [-0.3, -0.25) is 9.59 Å². The van der Waals surface area contributed by atoms with Crippen molar-refractivity contribution in [2.75, 3.05) is 13.1 Å². The van der Waals surface area contributed by atoms with Crippen molar-refractivity contribution >= 4 is 5.91 Å². The van der Waals surface area contributed by atoms with Crippen molar-refractivity contribution in [3.05, 3.63) is 88.4 Å². The number of piperidine rings is 1. The second-order valence-corrected chi connectivity index (χ2v) is 6.93. The number of likely N-dealkylation sites (tertiary alicyclic amines) is 1. The summed E-state index contributed by atoms with van der Waals surface area (Å²) in [5.74, 6) is 1.19. The maximum absolute atomic E-state index is 12.8. The van der Waals surface area contributed by atoms with Crippen molar-refractivity contribution in [1.82, 2.24) is 19.4 Å². The van der Waals surface area contributed by atoms with Crippen LogP contribution in [0.2, 0.25) is 0 Å². The molecule has 0 radical (unpaired) electrons. The number of benzene rings is 1. The van der Waals surface area contributed by atoms with Crippen LogP contribution in [0.1, 0.15) is 40.5 Å². The maximum atomic E-state index is 12.8. The standard InChI is InChI=1S/C21H22N4O2/c26-19-9-8-17(13-23-19)21(27)25-11-4-7-18(15-25)20-22-10-12-24(20)14-16-5-2-1-3-6-16/h1-3,5-6,8-10,12-13,18H,4,7,11,14-15H2,(H,23,26). The van der Waals surface area contributed by atoms with E-state index in [9.17, 15) is 9.59 Å². The third kappa shape index (κ3) is 3.84. The van der Waals surface area contributed by atoms with Crippen molar-refractivity contribution in [3.8, 4) is 0 Å². The molecule has 1 unspecified atom stereocenters. The van der Waals surface area contributed by atoms with Crippen LogP contribution in [0, 0.1) is 0 Å². The van der Waals surface area contributed by atoms with E-state index in [1.807, 2.05) is 35.5 Å². The zero-order chi connectivity index (χ0) is 18.6. The first-order valence-electron chi connectivity index (χ1n) is 9.23. The topological polar surface area (TPSA) is 71.0 Å². The van der Waals surface area contributed by atoms with Gasteiger partial charge in [-0.15, -0.1) is 0 Å². The normalized spacial score (nSPS) is 17.0. The fraction of sp³-hybridized carbons (Fsp3) is 0.286. The molecule has 0 aliphatic carbocycles. The summed E-state index contributed by atoms with van der Waals surface area (Å²) in [5.41, 5.74) is 1.54. The fourth-order valence-electron chi connectivity index (χ4n) is 3.69. The number of hydrogen-bond acceptors (Lipinski definition) is 3. The predicted molar refractivity (Wildman–Crippen MR) is 103 cm³/mol. The number of H-pyrrole nitrogens is 1. The number of pyridine rings is 1. The predicted octanol–water partition coefficient (Wildman–Crippen LogP) is 2.64.